The molecule has 0 N–H and O–H groups in total. The zero-order valence-corrected chi connectivity index (χ0v) is 8.44. The molecule has 1 aliphatic rings. The molecule has 1 aliphatic heterocycles. The maximum Gasteiger partial charge on any atom is 0.161 e. The third-order valence-corrected chi connectivity index (χ3v) is 1.99. The molecule has 6 heteroatoms. The molecule has 0 spiro atoms. The number of amidine groups is 1. The largest absolute Gasteiger partial charge is 0.300 e. The van der Waals surface area contributed by atoms with Crippen molar-refractivity contribution in [2.24, 2.45) is 15.0 Å². The number of hydrogen-bond acceptors (Lipinski definition) is 3. The van der Waals surface area contributed by atoms with Gasteiger partial charge < -0.3 is 0 Å². The van der Waals surface area contributed by atoms with Crippen LogP contribution in [0.25, 0.3) is 0 Å². The molecule has 1 atom stereocenters. The Morgan fingerprint density at radius 3 is 3.00 bits per heavy atom. The molecule has 0 radical (unpaired) electrons. The van der Waals surface area contributed by atoms with Gasteiger partial charge in [-0.25, -0.2) is 4.99 Å². The average Bonchev–Trinajstić information content (AvgIpc) is 2.45. The molecule has 1 rings (SSSR count). The highest BCUT2D eigenvalue weighted by Gasteiger charge is 2.19. The highest BCUT2D eigenvalue weighted by atomic mass is 35.5. The van der Waals surface area contributed by atoms with Crippen LogP contribution in [0, 0.1) is 0 Å². The molecule has 0 saturated heterocycles. The molecule has 0 fully saturated rings. The van der Waals surface area contributed by atoms with Crippen molar-refractivity contribution in [2.45, 2.75) is 0 Å². The van der Waals surface area contributed by atoms with E-state index in [4.69, 9.17) is 11.6 Å². The van der Waals surface area contributed by atoms with Gasteiger partial charge in [-0.1, -0.05) is 11.6 Å². The molecule has 1 unspecified atom stereocenters. The molecule has 0 aromatic carbocycles. The van der Waals surface area contributed by atoms with Crippen molar-refractivity contribution in [3.8, 4) is 0 Å². The molecular weight excluding hydrogens is 195 g/mol. The van der Waals surface area contributed by atoms with Crippen LogP contribution in [0.3, 0.4) is 0 Å². The smallest absolute Gasteiger partial charge is 0.161 e. The summed E-state index contributed by atoms with van der Waals surface area (Å²) < 4.78 is 1.68. The molecule has 1 heterocycles. The Morgan fingerprint density at radius 2 is 2.50 bits per heavy atom. The van der Waals surface area contributed by atoms with Gasteiger partial charge in [-0.15, -0.1) is 0 Å². The standard InChI is InChI=1S/C6H8ClN4P/c1-8-5(7)4-6(9-2)11(12)3-10-4/h3H,1,12H2,2H3/b5-4+,9-6?. The Hall–Kier alpha value is -0.730. The summed E-state index contributed by atoms with van der Waals surface area (Å²) in [6.07, 6.45) is 1.59. The molecule has 4 nitrogen and oxygen atoms in total. The maximum absolute atomic E-state index is 5.73. The Kier molecular flexibility index (Phi) is 2.95. The molecule has 0 aromatic heterocycles. The van der Waals surface area contributed by atoms with Crippen molar-refractivity contribution in [3.63, 3.8) is 0 Å². The molecule has 12 heavy (non-hydrogen) atoms. The monoisotopic (exact) mass is 202 g/mol. The summed E-state index contributed by atoms with van der Waals surface area (Å²) in [5.74, 6) is 0.664. The number of rotatable bonds is 1. The lowest BCUT2D eigenvalue weighted by molar-refractivity contribution is 1.06. The summed E-state index contributed by atoms with van der Waals surface area (Å²) >= 11 is 5.73. The van der Waals surface area contributed by atoms with Gasteiger partial charge in [0.2, 0.25) is 0 Å². The van der Waals surface area contributed by atoms with E-state index in [1.165, 1.54) is 0 Å². The highest BCUT2D eigenvalue weighted by molar-refractivity contribution is 7.16. The lowest BCUT2D eigenvalue weighted by Crippen LogP contribution is -2.14. The van der Waals surface area contributed by atoms with Gasteiger partial charge in [0.1, 0.15) is 12.0 Å². The number of nitrogens with zero attached hydrogens (tertiary/aromatic N) is 4. The first kappa shape index (κ1) is 9.36. The van der Waals surface area contributed by atoms with Crippen LogP contribution < -0.4 is 0 Å². The Balaban J connectivity index is 3.11. The van der Waals surface area contributed by atoms with E-state index in [0.717, 1.165) is 0 Å². The van der Waals surface area contributed by atoms with Gasteiger partial charge in [-0.05, 0) is 16.1 Å². The average molecular weight is 203 g/mol. The molecule has 0 bridgehead atoms. The van der Waals surface area contributed by atoms with Gasteiger partial charge in [-0.3, -0.25) is 14.7 Å². The lowest BCUT2D eigenvalue weighted by atomic mass is 10.4. The minimum absolute atomic E-state index is 0.261. The fourth-order valence-corrected chi connectivity index (χ4v) is 1.23. The van der Waals surface area contributed by atoms with Crippen LogP contribution in [-0.4, -0.2) is 30.6 Å². The van der Waals surface area contributed by atoms with Crippen molar-refractivity contribution in [3.05, 3.63) is 10.9 Å². The SMILES string of the molecule is C=N/C(Cl)=C1/N=CN(P)C1=NC. The zero-order valence-electron chi connectivity index (χ0n) is 6.53. The summed E-state index contributed by atoms with van der Waals surface area (Å²) in [5.41, 5.74) is 0.546. The summed E-state index contributed by atoms with van der Waals surface area (Å²) in [5, 5.41) is 0.261. The number of hydrogen-bond donors (Lipinski definition) is 0. The quantitative estimate of drug-likeness (QED) is 0.359. The topological polar surface area (TPSA) is 40.3 Å². The second kappa shape index (κ2) is 3.78. The maximum atomic E-state index is 5.73. The van der Waals surface area contributed by atoms with E-state index in [2.05, 4.69) is 31.1 Å². The fourth-order valence-electron chi connectivity index (χ4n) is 0.796. The van der Waals surface area contributed by atoms with Gasteiger partial charge in [0.05, 0.1) is 0 Å². The predicted octanol–water partition coefficient (Wildman–Crippen LogP) is 1.26. The molecular formula is C6H8ClN4P. The first-order valence-corrected chi connectivity index (χ1v) is 4.02. The van der Waals surface area contributed by atoms with Gasteiger partial charge in [0, 0.05) is 7.05 Å². The minimum atomic E-state index is 0.261. The van der Waals surface area contributed by atoms with Crippen molar-refractivity contribution in [1.82, 2.24) is 4.67 Å². The molecule has 0 aromatic rings. The van der Waals surface area contributed by atoms with E-state index in [-0.39, 0.29) is 5.16 Å². The van der Waals surface area contributed by atoms with Gasteiger partial charge in [0.15, 0.2) is 11.0 Å². The zero-order chi connectivity index (χ0) is 9.14. The van der Waals surface area contributed by atoms with Crippen LogP contribution in [0.2, 0.25) is 0 Å². The van der Waals surface area contributed by atoms with Gasteiger partial charge in [0.25, 0.3) is 0 Å². The number of aliphatic imine (C=N–C) groups is 3. The first-order chi connectivity index (χ1) is 5.70. The van der Waals surface area contributed by atoms with E-state index in [9.17, 15) is 0 Å². The van der Waals surface area contributed by atoms with Crippen LogP contribution >= 0.6 is 21.0 Å². The van der Waals surface area contributed by atoms with E-state index in [1.807, 2.05) is 0 Å². The highest BCUT2D eigenvalue weighted by Crippen LogP contribution is 2.21. The van der Waals surface area contributed by atoms with E-state index in [0.29, 0.717) is 11.5 Å². The summed E-state index contributed by atoms with van der Waals surface area (Å²) in [6, 6.07) is 0. The predicted molar refractivity (Wildman–Crippen MR) is 55.8 cm³/mol. The second-order valence-electron chi connectivity index (χ2n) is 2.00. The summed E-state index contributed by atoms with van der Waals surface area (Å²) in [4.78, 5) is 11.6. The van der Waals surface area contributed by atoms with Crippen molar-refractivity contribution in [1.29, 1.82) is 0 Å². The molecule has 0 amide bonds. The minimum Gasteiger partial charge on any atom is -0.300 e. The first-order valence-electron chi connectivity index (χ1n) is 3.12. The third-order valence-electron chi connectivity index (χ3n) is 1.31. The van der Waals surface area contributed by atoms with E-state index in [1.54, 1.807) is 18.1 Å². The van der Waals surface area contributed by atoms with Crippen molar-refractivity contribution < 1.29 is 0 Å². The van der Waals surface area contributed by atoms with E-state index >= 15 is 0 Å². The summed E-state index contributed by atoms with van der Waals surface area (Å²) in [6.45, 7) is 3.30. The van der Waals surface area contributed by atoms with Crippen molar-refractivity contribution in [2.75, 3.05) is 7.05 Å². The third kappa shape index (κ3) is 1.54. The Bertz CT molecular complexity index is 294. The Labute approximate surface area is 78.0 Å². The van der Waals surface area contributed by atoms with Crippen LogP contribution in [-0.2, 0) is 0 Å². The molecule has 0 saturated carbocycles. The molecule has 64 valence electrons. The Morgan fingerprint density at radius 1 is 1.83 bits per heavy atom. The second-order valence-corrected chi connectivity index (χ2v) is 2.91. The summed E-state index contributed by atoms with van der Waals surface area (Å²) in [7, 11) is 4.11. The van der Waals surface area contributed by atoms with Gasteiger partial charge in [-0.2, -0.15) is 0 Å². The fraction of sp³-hybridized carbons (Fsp3) is 0.167. The lowest BCUT2D eigenvalue weighted by Gasteiger charge is -2.06. The van der Waals surface area contributed by atoms with Crippen LogP contribution in [0.5, 0.6) is 0 Å². The van der Waals surface area contributed by atoms with Crippen molar-refractivity contribution >= 4 is 39.9 Å². The van der Waals surface area contributed by atoms with E-state index < -0.39 is 0 Å². The number of halogens is 1. The van der Waals surface area contributed by atoms with Gasteiger partial charge >= 0.3 is 0 Å². The van der Waals surface area contributed by atoms with Crippen LogP contribution in [0.15, 0.2) is 25.8 Å². The normalized spacial score (nSPS) is 23.6. The van der Waals surface area contributed by atoms with Crippen LogP contribution in [0.1, 0.15) is 0 Å². The van der Waals surface area contributed by atoms with Crippen LogP contribution in [0.4, 0.5) is 0 Å². The molecule has 0 aliphatic carbocycles.